The molecule has 1 aromatic rings. The molecule has 21 heavy (non-hydrogen) atoms. The van der Waals surface area contributed by atoms with Gasteiger partial charge in [-0.05, 0) is 26.7 Å². The van der Waals surface area contributed by atoms with Crippen molar-refractivity contribution >= 4 is 10.0 Å². The second-order valence-corrected chi connectivity index (χ2v) is 6.96. The van der Waals surface area contributed by atoms with E-state index in [1.165, 1.54) is 13.8 Å². The summed E-state index contributed by atoms with van der Waals surface area (Å²) < 4.78 is 68.6. The predicted octanol–water partition coefficient (Wildman–Crippen LogP) is 1.37. The summed E-state index contributed by atoms with van der Waals surface area (Å²) in [5.41, 5.74) is -2.68. The molecular formula is C11H15F3N2O4S. The molecule has 2 rings (SSSR count). The molecule has 1 aliphatic heterocycles. The Balaban J connectivity index is 2.23. The summed E-state index contributed by atoms with van der Waals surface area (Å²) in [5, 5.41) is 13.1. The lowest BCUT2D eigenvalue weighted by Gasteiger charge is -2.38. The van der Waals surface area contributed by atoms with Crippen molar-refractivity contribution < 1.29 is 31.2 Å². The maximum atomic E-state index is 12.7. The minimum Gasteiger partial charge on any atom is -0.380 e. The molecule has 1 fully saturated rings. The van der Waals surface area contributed by atoms with Crippen molar-refractivity contribution in [2.75, 3.05) is 13.1 Å². The number of hydrogen-bond donors (Lipinski definition) is 1. The first-order valence-electron chi connectivity index (χ1n) is 6.21. The Hall–Kier alpha value is -1.13. The van der Waals surface area contributed by atoms with E-state index in [-0.39, 0.29) is 16.3 Å². The summed E-state index contributed by atoms with van der Waals surface area (Å²) in [7, 11) is -3.98. The zero-order valence-electron chi connectivity index (χ0n) is 11.4. The molecule has 0 amide bonds. The van der Waals surface area contributed by atoms with Crippen molar-refractivity contribution in [2.45, 2.75) is 43.4 Å². The molecule has 0 spiro atoms. The third kappa shape index (κ3) is 2.67. The molecular weight excluding hydrogens is 313 g/mol. The number of aliphatic hydroxyl groups is 1. The number of aromatic nitrogens is 1. The third-order valence-corrected chi connectivity index (χ3v) is 5.79. The smallest absolute Gasteiger partial charge is 0.380 e. The molecule has 2 heterocycles. The van der Waals surface area contributed by atoms with Crippen LogP contribution in [0.25, 0.3) is 0 Å². The van der Waals surface area contributed by atoms with Gasteiger partial charge in [-0.1, -0.05) is 5.16 Å². The van der Waals surface area contributed by atoms with E-state index in [0.717, 1.165) is 4.31 Å². The lowest BCUT2D eigenvalue weighted by molar-refractivity contribution is -0.270. The van der Waals surface area contributed by atoms with Crippen molar-refractivity contribution in [1.82, 2.24) is 9.46 Å². The molecule has 0 atom stereocenters. The molecule has 0 unspecified atom stereocenters. The molecule has 0 radical (unpaired) electrons. The van der Waals surface area contributed by atoms with Crippen molar-refractivity contribution in [2.24, 2.45) is 0 Å². The molecule has 10 heteroatoms. The minimum absolute atomic E-state index is 0.0872. The molecule has 1 aromatic heterocycles. The van der Waals surface area contributed by atoms with E-state index in [0.29, 0.717) is 0 Å². The topological polar surface area (TPSA) is 83.6 Å². The van der Waals surface area contributed by atoms with Crippen molar-refractivity contribution in [1.29, 1.82) is 0 Å². The monoisotopic (exact) mass is 328 g/mol. The van der Waals surface area contributed by atoms with Gasteiger partial charge in [0.05, 0.1) is 0 Å². The van der Waals surface area contributed by atoms with Crippen molar-refractivity contribution in [3.8, 4) is 0 Å². The van der Waals surface area contributed by atoms with E-state index in [1.54, 1.807) is 0 Å². The van der Waals surface area contributed by atoms with Gasteiger partial charge >= 0.3 is 6.18 Å². The first kappa shape index (κ1) is 16.2. The predicted molar refractivity (Wildman–Crippen MR) is 65.0 cm³/mol. The number of halogens is 3. The fourth-order valence-corrected chi connectivity index (χ4v) is 4.08. The van der Waals surface area contributed by atoms with Crippen LogP contribution in [0.5, 0.6) is 0 Å². The molecule has 1 N–H and O–H groups in total. The Kier molecular flexibility index (Phi) is 3.83. The fourth-order valence-electron chi connectivity index (χ4n) is 2.35. The largest absolute Gasteiger partial charge is 0.417 e. The van der Waals surface area contributed by atoms with Crippen LogP contribution in [0.3, 0.4) is 0 Å². The van der Waals surface area contributed by atoms with Gasteiger partial charge in [-0.2, -0.15) is 17.5 Å². The highest BCUT2D eigenvalue weighted by molar-refractivity contribution is 7.89. The Labute approximate surface area is 119 Å². The number of hydrogen-bond acceptors (Lipinski definition) is 5. The van der Waals surface area contributed by atoms with Crippen LogP contribution in [-0.4, -0.2) is 47.9 Å². The SMILES string of the molecule is Cc1noc(C)c1S(=O)(=O)N1CCC(O)(C(F)(F)F)CC1. The van der Waals surface area contributed by atoms with E-state index in [2.05, 4.69) is 5.16 Å². The van der Waals surface area contributed by atoms with Gasteiger partial charge in [-0.3, -0.25) is 0 Å². The molecule has 0 aliphatic carbocycles. The van der Waals surface area contributed by atoms with Gasteiger partial charge in [0.1, 0.15) is 10.6 Å². The van der Waals surface area contributed by atoms with Gasteiger partial charge in [0.15, 0.2) is 11.4 Å². The maximum Gasteiger partial charge on any atom is 0.417 e. The number of nitrogens with zero attached hydrogens (tertiary/aromatic N) is 2. The van der Waals surface area contributed by atoms with Crippen molar-refractivity contribution in [3.63, 3.8) is 0 Å². The molecule has 1 aliphatic rings. The molecule has 0 bridgehead atoms. The number of alkyl halides is 3. The lowest BCUT2D eigenvalue weighted by Crippen LogP contribution is -2.54. The summed E-state index contributed by atoms with van der Waals surface area (Å²) >= 11 is 0. The van der Waals surface area contributed by atoms with Gasteiger partial charge in [-0.25, -0.2) is 8.42 Å². The quantitative estimate of drug-likeness (QED) is 0.886. The van der Waals surface area contributed by atoms with E-state index < -0.39 is 47.7 Å². The highest BCUT2D eigenvalue weighted by Crippen LogP contribution is 2.39. The van der Waals surface area contributed by atoms with Gasteiger partial charge in [0.2, 0.25) is 10.0 Å². The molecule has 6 nitrogen and oxygen atoms in total. The fraction of sp³-hybridized carbons (Fsp3) is 0.727. The van der Waals surface area contributed by atoms with E-state index >= 15 is 0 Å². The van der Waals surface area contributed by atoms with Crippen LogP contribution >= 0.6 is 0 Å². The normalized spacial score (nSPS) is 20.7. The maximum absolute atomic E-state index is 12.7. The number of piperidine rings is 1. The van der Waals surface area contributed by atoms with Crippen LogP contribution < -0.4 is 0 Å². The second-order valence-electron chi connectivity index (χ2n) is 5.09. The first-order chi connectivity index (χ1) is 9.49. The standard InChI is InChI=1S/C11H15F3N2O4S/c1-7-9(8(2)20-15-7)21(18,19)16-5-3-10(17,4-6-16)11(12,13)14/h17H,3-6H2,1-2H3. The zero-order valence-corrected chi connectivity index (χ0v) is 12.3. The number of aryl methyl sites for hydroxylation is 2. The lowest BCUT2D eigenvalue weighted by atomic mass is 9.92. The van der Waals surface area contributed by atoms with E-state index in [1.807, 2.05) is 0 Å². The Morgan fingerprint density at radius 1 is 1.29 bits per heavy atom. The second kappa shape index (κ2) is 4.96. The first-order valence-corrected chi connectivity index (χ1v) is 7.65. The van der Waals surface area contributed by atoms with Crippen LogP contribution in [-0.2, 0) is 10.0 Å². The molecule has 1 saturated heterocycles. The molecule has 0 saturated carbocycles. The highest BCUT2D eigenvalue weighted by atomic mass is 32.2. The van der Waals surface area contributed by atoms with Gasteiger partial charge in [-0.15, -0.1) is 0 Å². The molecule has 0 aromatic carbocycles. The average Bonchev–Trinajstić information content (AvgIpc) is 2.68. The summed E-state index contributed by atoms with van der Waals surface area (Å²) in [6.07, 6.45) is -6.16. The van der Waals surface area contributed by atoms with E-state index in [9.17, 15) is 26.7 Å². The highest BCUT2D eigenvalue weighted by Gasteiger charge is 2.55. The van der Waals surface area contributed by atoms with Crippen LogP contribution in [0.4, 0.5) is 13.2 Å². The third-order valence-electron chi connectivity index (χ3n) is 3.64. The number of sulfonamides is 1. The van der Waals surface area contributed by atoms with Crippen LogP contribution in [0.2, 0.25) is 0 Å². The summed E-state index contributed by atoms with van der Waals surface area (Å²) in [4.78, 5) is -0.125. The Morgan fingerprint density at radius 3 is 2.19 bits per heavy atom. The Morgan fingerprint density at radius 2 is 1.81 bits per heavy atom. The van der Waals surface area contributed by atoms with Crippen LogP contribution in [0.1, 0.15) is 24.3 Å². The Bertz CT molecular complexity index is 611. The van der Waals surface area contributed by atoms with Gasteiger partial charge in [0.25, 0.3) is 0 Å². The summed E-state index contributed by atoms with van der Waals surface area (Å²) in [5.74, 6) is 0.0872. The summed E-state index contributed by atoms with van der Waals surface area (Å²) in [6, 6.07) is 0. The average molecular weight is 328 g/mol. The van der Waals surface area contributed by atoms with Crippen LogP contribution in [0, 0.1) is 13.8 Å². The number of rotatable bonds is 2. The van der Waals surface area contributed by atoms with Crippen LogP contribution in [0.15, 0.2) is 9.42 Å². The van der Waals surface area contributed by atoms with Gasteiger partial charge < -0.3 is 9.63 Å². The van der Waals surface area contributed by atoms with Gasteiger partial charge in [0, 0.05) is 13.1 Å². The van der Waals surface area contributed by atoms with E-state index in [4.69, 9.17) is 4.52 Å². The summed E-state index contributed by atoms with van der Waals surface area (Å²) in [6.45, 7) is 2.03. The van der Waals surface area contributed by atoms with Crippen molar-refractivity contribution in [3.05, 3.63) is 11.5 Å². The zero-order chi connectivity index (χ0) is 16.1. The molecule has 120 valence electrons. The minimum atomic E-state index is -4.77.